The lowest BCUT2D eigenvalue weighted by atomic mass is 9.80. The van der Waals surface area contributed by atoms with Crippen molar-refractivity contribution < 1.29 is 4.79 Å². The van der Waals surface area contributed by atoms with Crippen molar-refractivity contribution >= 4 is 5.91 Å². The van der Waals surface area contributed by atoms with Crippen molar-refractivity contribution in [3.63, 3.8) is 0 Å². The van der Waals surface area contributed by atoms with Crippen LogP contribution in [-0.4, -0.2) is 66.6 Å². The first kappa shape index (κ1) is 12.4. The van der Waals surface area contributed by atoms with Crippen LogP contribution in [0, 0.1) is 0 Å². The van der Waals surface area contributed by atoms with Gasteiger partial charge in [-0.05, 0) is 32.2 Å². The number of nitrogens with one attached hydrogen (secondary N) is 1. The van der Waals surface area contributed by atoms with Gasteiger partial charge in [0.1, 0.15) is 5.54 Å². The first-order valence-electron chi connectivity index (χ1n) is 7.22. The summed E-state index contributed by atoms with van der Waals surface area (Å²) >= 11 is 0. The Balaban J connectivity index is 1.80. The van der Waals surface area contributed by atoms with Gasteiger partial charge in [0.2, 0.25) is 5.91 Å². The lowest BCUT2D eigenvalue weighted by Crippen LogP contribution is -2.66. The molecule has 102 valence electrons. The smallest absolute Gasteiger partial charge is 0.238 e. The van der Waals surface area contributed by atoms with Gasteiger partial charge in [-0.25, -0.2) is 0 Å². The lowest BCUT2D eigenvalue weighted by molar-refractivity contribution is -0.135. The third kappa shape index (κ3) is 1.94. The zero-order chi connectivity index (χ0) is 12.6. The van der Waals surface area contributed by atoms with Crippen LogP contribution in [0.3, 0.4) is 0 Å². The summed E-state index contributed by atoms with van der Waals surface area (Å²) in [5.41, 5.74) is 5.43. The minimum absolute atomic E-state index is 0.101. The highest BCUT2D eigenvalue weighted by Gasteiger charge is 2.49. The summed E-state index contributed by atoms with van der Waals surface area (Å²) in [5.74, 6) is -0.101. The number of hydrogen-bond acceptors (Lipinski definition) is 4. The van der Waals surface area contributed by atoms with Crippen molar-refractivity contribution in [1.29, 1.82) is 0 Å². The van der Waals surface area contributed by atoms with E-state index in [4.69, 9.17) is 5.73 Å². The fourth-order valence-electron chi connectivity index (χ4n) is 4.00. The number of hydrogen-bond donors (Lipinski definition) is 2. The Morgan fingerprint density at radius 3 is 2.72 bits per heavy atom. The summed E-state index contributed by atoms with van der Waals surface area (Å²) in [7, 11) is 0. The predicted molar refractivity (Wildman–Crippen MR) is 70.2 cm³/mol. The van der Waals surface area contributed by atoms with Crippen LogP contribution in [-0.2, 0) is 4.79 Å². The number of rotatable bonds is 2. The number of carbonyl (C=O) groups excluding carboxylic acids is 1. The number of piperidine rings is 1. The van der Waals surface area contributed by atoms with Crippen LogP contribution in [0.15, 0.2) is 0 Å². The number of amides is 1. The molecule has 5 heteroatoms. The van der Waals surface area contributed by atoms with E-state index in [2.05, 4.69) is 15.1 Å². The first-order valence-corrected chi connectivity index (χ1v) is 7.22. The molecule has 0 saturated carbocycles. The zero-order valence-corrected chi connectivity index (χ0v) is 11.0. The molecule has 0 bridgehead atoms. The van der Waals surface area contributed by atoms with E-state index >= 15 is 0 Å². The molecule has 0 aromatic heterocycles. The maximum Gasteiger partial charge on any atom is 0.238 e. The van der Waals surface area contributed by atoms with Crippen molar-refractivity contribution in [2.75, 3.05) is 39.3 Å². The number of nitrogens with two attached hydrogens (primary N) is 1. The summed E-state index contributed by atoms with van der Waals surface area (Å²) < 4.78 is 0. The SMILES string of the molecule is NC(=O)C1(N2CCNCC2)CCN2CCCC2C1. The number of piperazine rings is 1. The molecule has 3 aliphatic heterocycles. The number of nitrogens with zero attached hydrogens (tertiary/aromatic N) is 2. The van der Waals surface area contributed by atoms with Crippen molar-refractivity contribution in [2.24, 2.45) is 5.73 Å². The molecule has 2 unspecified atom stereocenters. The van der Waals surface area contributed by atoms with Gasteiger partial charge in [-0.3, -0.25) is 9.69 Å². The van der Waals surface area contributed by atoms with E-state index < -0.39 is 0 Å². The van der Waals surface area contributed by atoms with Gasteiger partial charge < -0.3 is 16.0 Å². The summed E-state index contributed by atoms with van der Waals surface area (Å²) in [6.45, 7) is 6.11. The molecular weight excluding hydrogens is 228 g/mol. The van der Waals surface area contributed by atoms with Crippen LogP contribution < -0.4 is 11.1 Å². The molecule has 3 N–H and O–H groups in total. The van der Waals surface area contributed by atoms with Crippen molar-refractivity contribution in [2.45, 2.75) is 37.3 Å². The Bertz CT molecular complexity index is 329. The molecule has 0 aliphatic carbocycles. The normalized spacial score (nSPS) is 38.6. The van der Waals surface area contributed by atoms with Crippen molar-refractivity contribution in [3.8, 4) is 0 Å². The standard InChI is InChI=1S/C13H24N4O/c14-12(18)13(17-8-4-15-5-9-17)3-7-16-6-1-2-11(16)10-13/h11,15H,1-10H2,(H2,14,18). The average molecular weight is 252 g/mol. The summed E-state index contributed by atoms with van der Waals surface area (Å²) in [5, 5.41) is 3.35. The van der Waals surface area contributed by atoms with Crippen molar-refractivity contribution in [1.82, 2.24) is 15.1 Å². The third-order valence-corrected chi connectivity index (χ3v) is 5.07. The second kappa shape index (κ2) is 4.79. The van der Waals surface area contributed by atoms with Gasteiger partial charge in [-0.1, -0.05) is 0 Å². The fourth-order valence-corrected chi connectivity index (χ4v) is 4.00. The highest BCUT2D eigenvalue weighted by molar-refractivity contribution is 5.85. The van der Waals surface area contributed by atoms with E-state index in [9.17, 15) is 4.79 Å². The highest BCUT2D eigenvalue weighted by atomic mass is 16.1. The minimum Gasteiger partial charge on any atom is -0.368 e. The molecule has 3 saturated heterocycles. The van der Waals surface area contributed by atoms with Gasteiger partial charge in [0.15, 0.2) is 0 Å². The van der Waals surface area contributed by atoms with Crippen LogP contribution in [0.25, 0.3) is 0 Å². The van der Waals surface area contributed by atoms with E-state index in [1.807, 2.05) is 0 Å². The largest absolute Gasteiger partial charge is 0.368 e. The highest BCUT2D eigenvalue weighted by Crippen LogP contribution is 2.36. The maximum atomic E-state index is 12.1. The van der Waals surface area contributed by atoms with E-state index in [1.165, 1.54) is 19.4 Å². The quantitative estimate of drug-likeness (QED) is 0.687. The molecule has 2 atom stereocenters. The Morgan fingerprint density at radius 1 is 1.22 bits per heavy atom. The minimum atomic E-state index is -0.367. The monoisotopic (exact) mass is 252 g/mol. The van der Waals surface area contributed by atoms with Gasteiger partial charge in [-0.15, -0.1) is 0 Å². The molecule has 0 aromatic carbocycles. The van der Waals surface area contributed by atoms with E-state index in [0.717, 1.165) is 45.6 Å². The fraction of sp³-hybridized carbons (Fsp3) is 0.923. The third-order valence-electron chi connectivity index (χ3n) is 5.07. The zero-order valence-electron chi connectivity index (χ0n) is 11.0. The molecule has 5 nitrogen and oxygen atoms in total. The van der Waals surface area contributed by atoms with Crippen LogP contribution in [0.1, 0.15) is 25.7 Å². The predicted octanol–water partition coefficient (Wildman–Crippen LogP) is -0.626. The van der Waals surface area contributed by atoms with Gasteiger partial charge >= 0.3 is 0 Å². The molecule has 3 rings (SSSR count). The van der Waals surface area contributed by atoms with Gasteiger partial charge in [0.05, 0.1) is 0 Å². The number of carbonyl (C=O) groups is 1. The second-order valence-corrected chi connectivity index (χ2v) is 5.92. The van der Waals surface area contributed by atoms with Gasteiger partial charge in [0, 0.05) is 38.8 Å². The molecular formula is C13H24N4O. The summed E-state index contributed by atoms with van der Waals surface area (Å²) in [6, 6.07) is 0.584. The topological polar surface area (TPSA) is 61.6 Å². The van der Waals surface area contributed by atoms with Crippen molar-refractivity contribution in [3.05, 3.63) is 0 Å². The van der Waals surface area contributed by atoms with Gasteiger partial charge in [-0.2, -0.15) is 0 Å². The molecule has 3 heterocycles. The molecule has 0 aromatic rings. The van der Waals surface area contributed by atoms with Crippen LogP contribution >= 0.6 is 0 Å². The molecule has 0 radical (unpaired) electrons. The summed E-state index contributed by atoms with van der Waals surface area (Å²) in [6.07, 6.45) is 4.38. The molecule has 1 amide bonds. The Kier molecular flexibility index (Phi) is 3.30. The lowest BCUT2D eigenvalue weighted by Gasteiger charge is -2.49. The molecule has 18 heavy (non-hydrogen) atoms. The van der Waals surface area contributed by atoms with Crippen LogP contribution in [0.2, 0.25) is 0 Å². The number of fused-ring (bicyclic) bond motifs is 1. The Hall–Kier alpha value is -0.650. The first-order chi connectivity index (χ1) is 8.72. The molecule has 0 spiro atoms. The molecule has 3 fully saturated rings. The van der Waals surface area contributed by atoms with E-state index in [0.29, 0.717) is 6.04 Å². The Labute approximate surface area is 109 Å². The summed E-state index contributed by atoms with van der Waals surface area (Å²) in [4.78, 5) is 17.0. The average Bonchev–Trinajstić information content (AvgIpc) is 2.86. The Morgan fingerprint density at radius 2 is 2.00 bits per heavy atom. The van der Waals surface area contributed by atoms with E-state index in [1.54, 1.807) is 0 Å². The van der Waals surface area contributed by atoms with E-state index in [-0.39, 0.29) is 11.4 Å². The molecule has 3 aliphatic rings. The number of primary amides is 1. The maximum absolute atomic E-state index is 12.1. The van der Waals surface area contributed by atoms with Gasteiger partial charge in [0.25, 0.3) is 0 Å². The van der Waals surface area contributed by atoms with Crippen LogP contribution in [0.4, 0.5) is 0 Å². The second-order valence-electron chi connectivity index (χ2n) is 5.92. The van der Waals surface area contributed by atoms with Crippen LogP contribution in [0.5, 0.6) is 0 Å².